The molecule has 1 aromatic rings. The van der Waals surface area contributed by atoms with Gasteiger partial charge in [0.15, 0.2) is 0 Å². The fraction of sp³-hybridized carbons (Fsp3) is 0.500. The lowest BCUT2D eigenvalue weighted by Crippen LogP contribution is -2.39. The maximum absolute atomic E-state index is 11.8. The van der Waals surface area contributed by atoms with E-state index in [0.29, 0.717) is 13.2 Å². The molecule has 1 fully saturated rings. The van der Waals surface area contributed by atoms with Crippen LogP contribution in [-0.4, -0.2) is 36.8 Å². The van der Waals surface area contributed by atoms with Gasteiger partial charge in [-0.2, -0.15) is 0 Å². The van der Waals surface area contributed by atoms with Crippen LogP contribution >= 0.6 is 12.4 Å². The summed E-state index contributed by atoms with van der Waals surface area (Å²) in [6.45, 7) is 1.75. The van der Waals surface area contributed by atoms with Gasteiger partial charge in [0.05, 0.1) is 12.6 Å². The molecule has 0 spiro atoms. The standard InChI is InChI=1S/C14H20N2O3.ClH/c17-8-9-19-12-5-3-11(4-6-12)10-16-14(18)13-2-1-7-15-13;/h3-6,13,15,17H,1-2,7-10H2,(H,16,18);1H. The summed E-state index contributed by atoms with van der Waals surface area (Å²) in [5, 5.41) is 14.7. The van der Waals surface area contributed by atoms with E-state index in [-0.39, 0.29) is 31.0 Å². The molecule has 1 saturated heterocycles. The highest BCUT2D eigenvalue weighted by Gasteiger charge is 2.21. The molecule has 0 saturated carbocycles. The van der Waals surface area contributed by atoms with E-state index < -0.39 is 0 Å². The second kappa shape index (κ2) is 8.79. The van der Waals surface area contributed by atoms with Gasteiger partial charge >= 0.3 is 0 Å². The van der Waals surface area contributed by atoms with Crippen molar-refractivity contribution in [2.45, 2.75) is 25.4 Å². The number of halogens is 1. The quantitative estimate of drug-likeness (QED) is 0.728. The molecule has 0 radical (unpaired) electrons. The third-order valence-electron chi connectivity index (χ3n) is 3.13. The lowest BCUT2D eigenvalue weighted by atomic mass is 10.2. The van der Waals surface area contributed by atoms with Gasteiger partial charge in [-0.25, -0.2) is 0 Å². The summed E-state index contributed by atoms with van der Waals surface area (Å²) >= 11 is 0. The van der Waals surface area contributed by atoms with Crippen molar-refractivity contribution >= 4 is 18.3 Å². The lowest BCUT2D eigenvalue weighted by molar-refractivity contribution is -0.122. The largest absolute Gasteiger partial charge is 0.491 e. The highest BCUT2D eigenvalue weighted by molar-refractivity contribution is 5.85. The van der Waals surface area contributed by atoms with Gasteiger partial charge < -0.3 is 20.5 Å². The molecule has 6 heteroatoms. The zero-order valence-corrected chi connectivity index (χ0v) is 12.1. The molecule has 5 nitrogen and oxygen atoms in total. The van der Waals surface area contributed by atoms with Gasteiger partial charge in [-0.05, 0) is 37.1 Å². The maximum atomic E-state index is 11.8. The predicted molar refractivity (Wildman–Crippen MR) is 79.1 cm³/mol. The van der Waals surface area contributed by atoms with Crippen LogP contribution in [0.2, 0.25) is 0 Å². The van der Waals surface area contributed by atoms with Gasteiger partial charge in [-0.15, -0.1) is 12.4 Å². The van der Waals surface area contributed by atoms with Crippen molar-refractivity contribution in [3.63, 3.8) is 0 Å². The molecular weight excluding hydrogens is 280 g/mol. The Morgan fingerprint density at radius 3 is 2.75 bits per heavy atom. The molecule has 1 unspecified atom stereocenters. The molecule has 0 bridgehead atoms. The van der Waals surface area contributed by atoms with Gasteiger partial charge in [0.2, 0.25) is 5.91 Å². The minimum absolute atomic E-state index is 0. The average molecular weight is 301 g/mol. The molecule has 20 heavy (non-hydrogen) atoms. The van der Waals surface area contributed by atoms with E-state index in [2.05, 4.69) is 10.6 Å². The SMILES string of the molecule is Cl.O=C(NCc1ccc(OCCO)cc1)C1CCCN1. The highest BCUT2D eigenvalue weighted by atomic mass is 35.5. The van der Waals surface area contributed by atoms with Crippen LogP contribution in [-0.2, 0) is 11.3 Å². The number of hydrogen-bond acceptors (Lipinski definition) is 4. The van der Waals surface area contributed by atoms with E-state index in [4.69, 9.17) is 9.84 Å². The van der Waals surface area contributed by atoms with Crippen LogP contribution in [0.15, 0.2) is 24.3 Å². The zero-order valence-electron chi connectivity index (χ0n) is 11.3. The first-order valence-corrected chi connectivity index (χ1v) is 6.63. The summed E-state index contributed by atoms with van der Waals surface area (Å²) in [5.41, 5.74) is 1.03. The summed E-state index contributed by atoms with van der Waals surface area (Å²) in [5.74, 6) is 0.791. The fourth-order valence-corrected chi connectivity index (χ4v) is 2.09. The molecule has 112 valence electrons. The van der Waals surface area contributed by atoms with E-state index >= 15 is 0 Å². The van der Waals surface area contributed by atoms with Crippen molar-refractivity contribution in [1.29, 1.82) is 0 Å². The Morgan fingerprint density at radius 1 is 1.40 bits per heavy atom. The Bertz CT molecular complexity index is 405. The maximum Gasteiger partial charge on any atom is 0.237 e. The Kier molecular flexibility index (Phi) is 7.36. The number of ether oxygens (including phenoxy) is 1. The van der Waals surface area contributed by atoms with Crippen LogP contribution < -0.4 is 15.4 Å². The van der Waals surface area contributed by atoms with E-state index in [0.717, 1.165) is 30.7 Å². The molecular formula is C14H21ClN2O3. The van der Waals surface area contributed by atoms with Crippen molar-refractivity contribution < 1.29 is 14.6 Å². The molecule has 1 heterocycles. The van der Waals surface area contributed by atoms with Gasteiger partial charge in [0, 0.05) is 6.54 Å². The minimum atomic E-state index is -0.0350. The van der Waals surface area contributed by atoms with Crippen LogP contribution in [0.1, 0.15) is 18.4 Å². The van der Waals surface area contributed by atoms with Crippen LogP contribution in [0.25, 0.3) is 0 Å². The van der Waals surface area contributed by atoms with Gasteiger partial charge in [-0.1, -0.05) is 12.1 Å². The first-order chi connectivity index (χ1) is 9.29. The molecule has 1 atom stereocenters. The van der Waals surface area contributed by atoms with E-state index in [1.54, 1.807) is 0 Å². The molecule has 1 amide bonds. The lowest BCUT2D eigenvalue weighted by Gasteiger charge is -2.11. The number of hydrogen-bond donors (Lipinski definition) is 3. The second-order valence-electron chi connectivity index (χ2n) is 4.58. The number of amides is 1. The smallest absolute Gasteiger partial charge is 0.237 e. The van der Waals surface area contributed by atoms with Gasteiger partial charge in [0.1, 0.15) is 12.4 Å². The number of aliphatic hydroxyl groups excluding tert-OH is 1. The van der Waals surface area contributed by atoms with Crippen molar-refractivity contribution in [3.8, 4) is 5.75 Å². The van der Waals surface area contributed by atoms with Crippen LogP contribution in [0.3, 0.4) is 0 Å². The molecule has 0 aliphatic carbocycles. The topological polar surface area (TPSA) is 70.6 Å². The zero-order chi connectivity index (χ0) is 13.5. The number of aliphatic hydroxyl groups is 1. The Balaban J connectivity index is 0.00000200. The second-order valence-corrected chi connectivity index (χ2v) is 4.58. The summed E-state index contributed by atoms with van der Waals surface area (Å²) in [6.07, 6.45) is 1.98. The number of carbonyl (C=O) groups excluding carboxylic acids is 1. The minimum Gasteiger partial charge on any atom is -0.491 e. The van der Waals surface area contributed by atoms with Crippen LogP contribution in [0.4, 0.5) is 0 Å². The van der Waals surface area contributed by atoms with Gasteiger partial charge in [-0.3, -0.25) is 4.79 Å². The molecule has 1 aliphatic rings. The first kappa shape index (κ1) is 16.8. The summed E-state index contributed by atoms with van der Waals surface area (Å²) in [6, 6.07) is 7.47. The highest BCUT2D eigenvalue weighted by Crippen LogP contribution is 2.12. The molecule has 1 aliphatic heterocycles. The van der Waals surface area contributed by atoms with Crippen LogP contribution in [0, 0.1) is 0 Å². The average Bonchev–Trinajstić information content (AvgIpc) is 2.98. The first-order valence-electron chi connectivity index (χ1n) is 6.63. The third-order valence-corrected chi connectivity index (χ3v) is 3.13. The van der Waals surface area contributed by atoms with E-state index in [9.17, 15) is 4.79 Å². The Hall–Kier alpha value is -1.30. The normalized spacial score (nSPS) is 17.4. The number of benzene rings is 1. The summed E-state index contributed by atoms with van der Waals surface area (Å²) < 4.78 is 5.27. The van der Waals surface area contributed by atoms with Crippen molar-refractivity contribution in [2.75, 3.05) is 19.8 Å². The number of rotatable bonds is 6. The molecule has 1 aromatic carbocycles. The Morgan fingerprint density at radius 2 is 2.15 bits per heavy atom. The van der Waals surface area contributed by atoms with Crippen molar-refractivity contribution in [2.24, 2.45) is 0 Å². The number of nitrogens with one attached hydrogen (secondary N) is 2. The third kappa shape index (κ3) is 5.00. The number of carbonyl (C=O) groups is 1. The molecule has 2 rings (SSSR count). The molecule has 3 N–H and O–H groups in total. The summed E-state index contributed by atoms with van der Waals surface area (Å²) in [7, 11) is 0. The van der Waals surface area contributed by atoms with Crippen molar-refractivity contribution in [3.05, 3.63) is 29.8 Å². The van der Waals surface area contributed by atoms with E-state index in [1.807, 2.05) is 24.3 Å². The monoisotopic (exact) mass is 300 g/mol. The van der Waals surface area contributed by atoms with E-state index in [1.165, 1.54) is 0 Å². The van der Waals surface area contributed by atoms with Crippen LogP contribution in [0.5, 0.6) is 5.75 Å². The Labute approximate surface area is 125 Å². The predicted octanol–water partition coefficient (Wildman–Crippen LogP) is 0.848. The van der Waals surface area contributed by atoms with Gasteiger partial charge in [0.25, 0.3) is 0 Å². The summed E-state index contributed by atoms with van der Waals surface area (Å²) in [4.78, 5) is 11.8. The molecule has 0 aromatic heterocycles. The fourth-order valence-electron chi connectivity index (χ4n) is 2.09. The van der Waals surface area contributed by atoms with Crippen molar-refractivity contribution in [1.82, 2.24) is 10.6 Å².